The van der Waals surface area contributed by atoms with Crippen LogP contribution in [0.15, 0.2) is 5.16 Å². The van der Waals surface area contributed by atoms with E-state index in [0.29, 0.717) is 17.6 Å². The van der Waals surface area contributed by atoms with Gasteiger partial charge < -0.3 is 5.32 Å². The Morgan fingerprint density at radius 3 is 2.70 bits per heavy atom. The van der Waals surface area contributed by atoms with Gasteiger partial charge in [0.1, 0.15) is 5.54 Å². The molecule has 0 saturated heterocycles. The van der Waals surface area contributed by atoms with Crippen LogP contribution in [0.1, 0.15) is 52.9 Å². The molecule has 1 aromatic rings. The molecule has 1 N–H and O–H groups in total. The highest BCUT2D eigenvalue weighted by atomic mass is 32.2. The number of nitrogens with one attached hydrogen (secondary N) is 1. The molecule has 0 bridgehead atoms. The topological polar surface area (TPSA) is 96.5 Å². The summed E-state index contributed by atoms with van der Waals surface area (Å²) in [7, 11) is 0. The molecule has 0 aliphatic heterocycles. The van der Waals surface area contributed by atoms with Crippen LogP contribution in [0.2, 0.25) is 0 Å². The molecule has 0 aromatic carbocycles. The Balaban J connectivity index is 1.97. The van der Waals surface area contributed by atoms with Crippen molar-refractivity contribution in [2.24, 2.45) is 5.92 Å². The van der Waals surface area contributed by atoms with E-state index in [1.165, 1.54) is 11.8 Å². The SMILES string of the molecule is CC(C)Cn1nnnc1SC(C)C(=O)NC1(C#N)CCCCC1. The molecule has 0 spiro atoms. The van der Waals surface area contributed by atoms with E-state index in [9.17, 15) is 10.1 Å². The molecule has 0 radical (unpaired) electrons. The van der Waals surface area contributed by atoms with Gasteiger partial charge in [-0.15, -0.1) is 5.10 Å². The third-order valence-electron chi connectivity index (χ3n) is 3.97. The molecular weight excluding hydrogens is 312 g/mol. The Hall–Kier alpha value is -1.62. The van der Waals surface area contributed by atoms with E-state index in [4.69, 9.17) is 0 Å². The standard InChI is InChI=1S/C15H24N6OS/c1-11(2)9-21-14(18-19-20-21)23-12(3)13(22)17-15(10-16)7-5-4-6-8-15/h11-12H,4-9H2,1-3H3,(H,17,22). The number of carbonyl (C=O) groups excluding carboxylic acids is 1. The quantitative estimate of drug-likeness (QED) is 0.800. The predicted molar refractivity (Wildman–Crippen MR) is 87.5 cm³/mol. The van der Waals surface area contributed by atoms with Gasteiger partial charge in [0.15, 0.2) is 0 Å². The summed E-state index contributed by atoms with van der Waals surface area (Å²) in [6, 6.07) is 2.31. The van der Waals surface area contributed by atoms with Crippen molar-refractivity contribution >= 4 is 17.7 Å². The van der Waals surface area contributed by atoms with Crippen molar-refractivity contribution in [1.82, 2.24) is 25.5 Å². The van der Waals surface area contributed by atoms with Gasteiger partial charge in [-0.2, -0.15) is 5.26 Å². The molecule has 1 atom stereocenters. The van der Waals surface area contributed by atoms with Gasteiger partial charge in [-0.05, 0) is 36.1 Å². The van der Waals surface area contributed by atoms with Crippen LogP contribution >= 0.6 is 11.8 Å². The van der Waals surface area contributed by atoms with Crippen molar-refractivity contribution in [3.63, 3.8) is 0 Å². The van der Waals surface area contributed by atoms with E-state index in [0.717, 1.165) is 32.1 Å². The van der Waals surface area contributed by atoms with E-state index >= 15 is 0 Å². The number of aromatic nitrogens is 4. The van der Waals surface area contributed by atoms with E-state index in [1.807, 2.05) is 6.92 Å². The molecule has 1 aromatic heterocycles. The molecule has 1 aliphatic carbocycles. The molecule has 1 aliphatic rings. The third kappa shape index (κ3) is 4.67. The molecular formula is C15H24N6OS. The summed E-state index contributed by atoms with van der Waals surface area (Å²) in [5, 5.41) is 24.4. The molecule has 1 unspecified atom stereocenters. The fourth-order valence-corrected chi connectivity index (χ4v) is 3.51. The lowest BCUT2D eigenvalue weighted by molar-refractivity contribution is -0.121. The Kier molecular flexibility index (Phi) is 5.99. The predicted octanol–water partition coefficient (Wildman–Crippen LogP) is 2.15. The molecule has 1 amide bonds. The average Bonchev–Trinajstić information content (AvgIpc) is 2.94. The molecule has 126 valence electrons. The van der Waals surface area contributed by atoms with Gasteiger partial charge in [-0.25, -0.2) is 4.68 Å². The molecule has 8 heteroatoms. The molecule has 1 saturated carbocycles. The number of carbonyl (C=O) groups is 1. The van der Waals surface area contributed by atoms with Crippen molar-refractivity contribution in [1.29, 1.82) is 5.26 Å². The van der Waals surface area contributed by atoms with Crippen LogP contribution in [0.25, 0.3) is 0 Å². The highest BCUT2D eigenvalue weighted by Gasteiger charge is 2.35. The first-order valence-corrected chi connectivity index (χ1v) is 9.00. The fraction of sp³-hybridized carbons (Fsp3) is 0.800. The first kappa shape index (κ1) is 17.7. The van der Waals surface area contributed by atoms with E-state index in [-0.39, 0.29) is 11.2 Å². The van der Waals surface area contributed by atoms with Crippen LogP contribution in [0, 0.1) is 17.2 Å². The number of nitrogens with zero attached hydrogens (tertiary/aromatic N) is 5. The van der Waals surface area contributed by atoms with Crippen LogP contribution in [0.5, 0.6) is 0 Å². The van der Waals surface area contributed by atoms with E-state index in [1.54, 1.807) is 4.68 Å². The molecule has 1 fully saturated rings. The first-order chi connectivity index (χ1) is 11.0. The smallest absolute Gasteiger partial charge is 0.234 e. The van der Waals surface area contributed by atoms with Gasteiger partial charge in [0.2, 0.25) is 11.1 Å². The number of rotatable bonds is 6. The van der Waals surface area contributed by atoms with Crippen LogP contribution < -0.4 is 5.32 Å². The largest absolute Gasteiger partial charge is 0.337 e. The zero-order valence-electron chi connectivity index (χ0n) is 13.9. The molecule has 23 heavy (non-hydrogen) atoms. The second-order valence-corrected chi connectivity index (χ2v) is 7.85. The highest BCUT2D eigenvalue weighted by Crippen LogP contribution is 2.29. The highest BCUT2D eigenvalue weighted by molar-refractivity contribution is 8.00. The van der Waals surface area contributed by atoms with Crippen molar-refractivity contribution in [3.05, 3.63) is 0 Å². The number of tetrazole rings is 1. The van der Waals surface area contributed by atoms with Crippen molar-refractivity contribution in [2.75, 3.05) is 0 Å². The molecule has 2 rings (SSSR count). The maximum atomic E-state index is 12.5. The number of nitriles is 1. The van der Waals surface area contributed by atoms with E-state index < -0.39 is 5.54 Å². The van der Waals surface area contributed by atoms with E-state index in [2.05, 4.69) is 40.8 Å². The van der Waals surface area contributed by atoms with Gasteiger partial charge in [-0.3, -0.25) is 4.79 Å². The Morgan fingerprint density at radius 2 is 2.09 bits per heavy atom. The Morgan fingerprint density at radius 1 is 1.39 bits per heavy atom. The second kappa shape index (κ2) is 7.77. The third-order valence-corrected chi connectivity index (χ3v) is 5.04. The minimum Gasteiger partial charge on any atom is -0.337 e. The van der Waals surface area contributed by atoms with Crippen LogP contribution in [-0.4, -0.2) is 36.9 Å². The van der Waals surface area contributed by atoms with Crippen molar-refractivity contribution < 1.29 is 4.79 Å². The Bertz CT molecular complexity index is 573. The van der Waals surface area contributed by atoms with Gasteiger partial charge in [-0.1, -0.05) is 44.9 Å². The number of thioether (sulfide) groups is 1. The van der Waals surface area contributed by atoms with Crippen LogP contribution in [0.3, 0.4) is 0 Å². The van der Waals surface area contributed by atoms with Gasteiger partial charge in [0.05, 0.1) is 11.3 Å². The Labute approximate surface area is 141 Å². The number of hydrogen-bond donors (Lipinski definition) is 1. The maximum absolute atomic E-state index is 12.5. The second-order valence-electron chi connectivity index (χ2n) is 6.54. The maximum Gasteiger partial charge on any atom is 0.234 e. The number of hydrogen-bond acceptors (Lipinski definition) is 6. The first-order valence-electron chi connectivity index (χ1n) is 8.12. The van der Waals surface area contributed by atoms with Crippen LogP contribution in [-0.2, 0) is 11.3 Å². The lowest BCUT2D eigenvalue weighted by Gasteiger charge is -2.32. The summed E-state index contributed by atoms with van der Waals surface area (Å²) in [5.74, 6) is 0.295. The fourth-order valence-electron chi connectivity index (χ4n) is 2.71. The average molecular weight is 336 g/mol. The minimum atomic E-state index is -0.700. The zero-order valence-corrected chi connectivity index (χ0v) is 14.8. The summed E-state index contributed by atoms with van der Waals surface area (Å²) in [6.45, 7) is 6.71. The van der Waals surface area contributed by atoms with Gasteiger partial charge in [0, 0.05) is 6.54 Å². The lowest BCUT2D eigenvalue weighted by atomic mass is 9.83. The zero-order chi connectivity index (χ0) is 16.9. The van der Waals surface area contributed by atoms with Crippen LogP contribution in [0.4, 0.5) is 0 Å². The van der Waals surface area contributed by atoms with Crippen molar-refractivity contribution in [2.45, 2.75) is 75.4 Å². The lowest BCUT2D eigenvalue weighted by Crippen LogP contribution is -2.51. The summed E-state index contributed by atoms with van der Waals surface area (Å²) < 4.78 is 1.72. The normalized spacial score (nSPS) is 18.4. The summed E-state index contributed by atoms with van der Waals surface area (Å²) in [6.07, 6.45) is 4.58. The molecule has 1 heterocycles. The minimum absolute atomic E-state index is 0.127. The summed E-state index contributed by atoms with van der Waals surface area (Å²) in [4.78, 5) is 12.5. The summed E-state index contributed by atoms with van der Waals surface area (Å²) in [5.41, 5.74) is -0.700. The summed E-state index contributed by atoms with van der Waals surface area (Å²) >= 11 is 1.33. The van der Waals surface area contributed by atoms with Gasteiger partial charge >= 0.3 is 0 Å². The number of amides is 1. The monoisotopic (exact) mass is 336 g/mol. The molecule has 7 nitrogen and oxygen atoms in total. The van der Waals surface area contributed by atoms with Crippen molar-refractivity contribution in [3.8, 4) is 6.07 Å². The van der Waals surface area contributed by atoms with Gasteiger partial charge in [0.25, 0.3) is 0 Å².